The van der Waals surface area contributed by atoms with Crippen LogP contribution in [-0.2, 0) is 10.3 Å². The van der Waals surface area contributed by atoms with Gasteiger partial charge in [0.15, 0.2) is 5.71 Å². The lowest BCUT2D eigenvalue weighted by Gasteiger charge is -2.04. The van der Waals surface area contributed by atoms with Crippen molar-refractivity contribution in [2.75, 3.05) is 0 Å². The highest BCUT2D eigenvalue weighted by Gasteiger charge is 2.38. The third-order valence-electron chi connectivity index (χ3n) is 3.12. The Labute approximate surface area is 95.1 Å². The molecule has 0 spiro atoms. The third-order valence-corrected chi connectivity index (χ3v) is 4.06. The molecule has 0 N–H and O–H groups in total. The SMILES string of the molecule is CC1=[N+](S(=O)(=O)[O-])c2cccc(C)c2C1C. The van der Waals surface area contributed by atoms with Crippen LogP contribution in [0.4, 0.5) is 5.69 Å². The van der Waals surface area contributed by atoms with E-state index >= 15 is 0 Å². The van der Waals surface area contributed by atoms with E-state index in [2.05, 4.69) is 0 Å². The maximum absolute atomic E-state index is 11.2. The van der Waals surface area contributed by atoms with Crippen molar-refractivity contribution < 1.29 is 17.0 Å². The maximum Gasteiger partial charge on any atom is 0.330 e. The normalized spacial score (nSPS) is 20.1. The molecule has 1 aromatic carbocycles. The van der Waals surface area contributed by atoms with Gasteiger partial charge in [-0.2, -0.15) is 8.42 Å². The molecule has 1 aliphatic heterocycles. The Morgan fingerprint density at radius 2 is 1.94 bits per heavy atom. The lowest BCUT2D eigenvalue weighted by Crippen LogP contribution is -2.19. The monoisotopic (exact) mass is 239 g/mol. The topological polar surface area (TPSA) is 60.2 Å². The van der Waals surface area contributed by atoms with Crippen LogP contribution in [0.1, 0.15) is 30.9 Å². The van der Waals surface area contributed by atoms with E-state index in [9.17, 15) is 13.0 Å². The summed E-state index contributed by atoms with van der Waals surface area (Å²) in [6.07, 6.45) is 0. The molecule has 0 aliphatic carbocycles. The van der Waals surface area contributed by atoms with Crippen molar-refractivity contribution in [3.63, 3.8) is 0 Å². The molecule has 5 heteroatoms. The summed E-state index contributed by atoms with van der Waals surface area (Å²) < 4.78 is 34.5. The predicted octanol–water partition coefficient (Wildman–Crippen LogP) is 1.68. The standard InChI is InChI=1S/C11H13NO3S/c1-7-5-4-6-10-11(7)8(2)9(3)12(10)16(13,14)15/h4-6,8H,1-3H3. The summed E-state index contributed by atoms with van der Waals surface area (Å²) in [7, 11) is -4.47. The van der Waals surface area contributed by atoms with Crippen LogP contribution in [0.25, 0.3) is 0 Å². The van der Waals surface area contributed by atoms with Gasteiger partial charge in [0.2, 0.25) is 5.69 Å². The lowest BCUT2D eigenvalue weighted by molar-refractivity contribution is -0.271. The zero-order valence-corrected chi connectivity index (χ0v) is 10.2. The molecule has 16 heavy (non-hydrogen) atoms. The van der Waals surface area contributed by atoms with Gasteiger partial charge in [0.1, 0.15) is 0 Å². The van der Waals surface area contributed by atoms with E-state index < -0.39 is 10.3 Å². The maximum atomic E-state index is 11.2. The summed E-state index contributed by atoms with van der Waals surface area (Å²) in [4.78, 5) is 0. The molecule has 0 aromatic heterocycles. The number of benzene rings is 1. The van der Waals surface area contributed by atoms with Gasteiger partial charge in [0.25, 0.3) is 0 Å². The molecular formula is C11H13NO3S. The van der Waals surface area contributed by atoms with E-state index in [0.29, 0.717) is 11.4 Å². The van der Waals surface area contributed by atoms with Crippen LogP contribution in [0.2, 0.25) is 0 Å². The fraction of sp³-hybridized carbons (Fsp3) is 0.364. The van der Waals surface area contributed by atoms with Crippen molar-refractivity contribution in [2.45, 2.75) is 26.7 Å². The van der Waals surface area contributed by atoms with Crippen LogP contribution in [0, 0.1) is 6.92 Å². The van der Waals surface area contributed by atoms with Gasteiger partial charge >= 0.3 is 10.3 Å². The fourth-order valence-electron chi connectivity index (χ4n) is 2.28. The van der Waals surface area contributed by atoms with Gasteiger partial charge in [-0.3, -0.25) is 0 Å². The first-order valence-electron chi connectivity index (χ1n) is 5.03. The molecule has 1 unspecified atom stereocenters. The minimum Gasteiger partial charge on any atom is -0.693 e. The molecule has 0 saturated carbocycles. The number of hydrogen-bond acceptors (Lipinski definition) is 3. The molecule has 86 valence electrons. The van der Waals surface area contributed by atoms with Gasteiger partial charge in [0.05, 0.1) is 5.92 Å². The van der Waals surface area contributed by atoms with E-state index in [4.69, 9.17) is 0 Å². The second kappa shape index (κ2) is 3.40. The van der Waals surface area contributed by atoms with Crippen LogP contribution in [-0.4, -0.2) is 22.7 Å². The molecule has 0 fully saturated rings. The first kappa shape index (κ1) is 11.3. The molecule has 0 amide bonds. The summed E-state index contributed by atoms with van der Waals surface area (Å²) in [5, 5.41) is 0. The van der Waals surface area contributed by atoms with Gasteiger partial charge in [-0.05, 0) is 19.4 Å². The first-order chi connectivity index (χ1) is 7.34. The quantitative estimate of drug-likeness (QED) is 0.553. The van der Waals surface area contributed by atoms with Crippen molar-refractivity contribution in [1.82, 2.24) is 0 Å². The predicted molar refractivity (Wildman–Crippen MR) is 59.9 cm³/mol. The Hall–Kier alpha value is -1.20. The van der Waals surface area contributed by atoms with Crippen LogP contribution in [0.5, 0.6) is 0 Å². The zero-order valence-electron chi connectivity index (χ0n) is 9.39. The minimum absolute atomic E-state index is 0.0278. The van der Waals surface area contributed by atoms with E-state index in [1.165, 1.54) is 0 Å². The molecule has 1 heterocycles. The van der Waals surface area contributed by atoms with E-state index in [1.54, 1.807) is 19.1 Å². The molecule has 1 atom stereocenters. The highest BCUT2D eigenvalue weighted by atomic mass is 32.2. The fourth-order valence-corrected chi connectivity index (χ4v) is 3.19. The van der Waals surface area contributed by atoms with Gasteiger partial charge < -0.3 is 4.55 Å². The van der Waals surface area contributed by atoms with E-state index in [-0.39, 0.29) is 5.92 Å². The number of aryl methyl sites for hydroxylation is 1. The molecule has 1 aliphatic rings. The summed E-state index contributed by atoms with van der Waals surface area (Å²) >= 11 is 0. The van der Waals surface area contributed by atoms with Crippen molar-refractivity contribution in [3.05, 3.63) is 29.3 Å². The van der Waals surface area contributed by atoms with Crippen LogP contribution in [0.3, 0.4) is 0 Å². The number of fused-ring (bicyclic) bond motifs is 1. The van der Waals surface area contributed by atoms with Gasteiger partial charge in [-0.25, -0.2) is 0 Å². The average Bonchev–Trinajstić information content (AvgIpc) is 2.39. The zero-order chi connectivity index (χ0) is 12.1. The van der Waals surface area contributed by atoms with Crippen LogP contribution < -0.4 is 0 Å². The summed E-state index contributed by atoms with van der Waals surface area (Å²) in [6.45, 7) is 5.51. The second-order valence-corrected chi connectivity index (χ2v) is 5.31. The van der Waals surface area contributed by atoms with E-state index in [0.717, 1.165) is 15.1 Å². The minimum atomic E-state index is -4.47. The first-order valence-corrected chi connectivity index (χ1v) is 6.39. The Balaban J connectivity index is 2.81. The molecule has 2 rings (SSSR count). The van der Waals surface area contributed by atoms with Gasteiger partial charge in [-0.1, -0.05) is 16.1 Å². The lowest BCUT2D eigenvalue weighted by atomic mass is 9.95. The van der Waals surface area contributed by atoms with Gasteiger partial charge in [-0.15, -0.1) is 0 Å². The second-order valence-electron chi connectivity index (χ2n) is 4.09. The highest BCUT2D eigenvalue weighted by Crippen LogP contribution is 2.37. The summed E-state index contributed by atoms with van der Waals surface area (Å²) in [5.74, 6) is -0.0278. The van der Waals surface area contributed by atoms with Crippen molar-refractivity contribution in [3.8, 4) is 0 Å². The molecule has 1 aromatic rings. The largest absolute Gasteiger partial charge is 0.693 e. The van der Waals surface area contributed by atoms with Crippen LogP contribution in [0.15, 0.2) is 18.2 Å². The molecule has 0 saturated heterocycles. The van der Waals surface area contributed by atoms with Crippen LogP contribution >= 0.6 is 0 Å². The highest BCUT2D eigenvalue weighted by molar-refractivity contribution is 7.79. The Morgan fingerprint density at radius 1 is 1.31 bits per heavy atom. The smallest absolute Gasteiger partial charge is 0.330 e. The molecule has 0 radical (unpaired) electrons. The Kier molecular flexibility index (Phi) is 2.40. The Bertz CT molecular complexity index is 587. The van der Waals surface area contributed by atoms with Crippen molar-refractivity contribution in [2.24, 2.45) is 0 Å². The number of rotatable bonds is 1. The Morgan fingerprint density at radius 3 is 2.50 bits per heavy atom. The number of hydrogen-bond donors (Lipinski definition) is 0. The summed E-state index contributed by atoms with van der Waals surface area (Å²) in [5.41, 5.74) is 3.01. The third kappa shape index (κ3) is 1.47. The summed E-state index contributed by atoms with van der Waals surface area (Å²) in [6, 6.07) is 5.35. The van der Waals surface area contributed by atoms with Gasteiger partial charge in [0, 0.05) is 18.6 Å². The molecule has 4 nitrogen and oxygen atoms in total. The van der Waals surface area contributed by atoms with Crippen molar-refractivity contribution >= 4 is 21.7 Å². The van der Waals surface area contributed by atoms with Crippen molar-refractivity contribution in [1.29, 1.82) is 0 Å². The van der Waals surface area contributed by atoms with E-state index in [1.807, 2.05) is 19.9 Å². The number of nitrogens with zero attached hydrogens (tertiary/aromatic N) is 1. The average molecular weight is 239 g/mol. The molecule has 0 bridgehead atoms. The molecular weight excluding hydrogens is 226 g/mol.